The minimum atomic E-state index is -0.207. The largest absolute Gasteiger partial charge is 0.418 e. The maximum absolute atomic E-state index is 6.22. The first-order valence-corrected chi connectivity index (χ1v) is 9.49. The second-order valence-electron chi connectivity index (χ2n) is 7.56. The van der Waals surface area contributed by atoms with E-state index in [0.29, 0.717) is 18.3 Å². The summed E-state index contributed by atoms with van der Waals surface area (Å²) in [5.74, 6) is 1.23. The molecule has 1 N–H and O–H groups in total. The van der Waals surface area contributed by atoms with E-state index in [2.05, 4.69) is 42.9 Å². The Balaban J connectivity index is 1.26. The number of rotatable bonds is 3. The predicted octanol–water partition coefficient (Wildman–Crippen LogP) is 2.17. The summed E-state index contributed by atoms with van der Waals surface area (Å²) in [5, 5.41) is 15.9. The molecule has 5 heterocycles. The predicted molar refractivity (Wildman–Crippen MR) is 97.9 cm³/mol. The van der Waals surface area contributed by atoms with Gasteiger partial charge in [0, 0.05) is 25.8 Å². The smallest absolute Gasteiger partial charge is 0.264 e. The number of nitrogens with one attached hydrogen (secondary N) is 1. The van der Waals surface area contributed by atoms with Gasteiger partial charge in [0.25, 0.3) is 5.89 Å². The number of piperidine rings is 1. The topological polar surface area (TPSA) is 85.0 Å². The van der Waals surface area contributed by atoms with Crippen LogP contribution in [0.2, 0.25) is 0 Å². The molecule has 0 bridgehead atoms. The number of aromatic nitrogens is 5. The van der Waals surface area contributed by atoms with Gasteiger partial charge < -0.3 is 13.7 Å². The number of hydrogen-bond donors (Lipinski definition) is 1. The third kappa shape index (κ3) is 2.80. The van der Waals surface area contributed by atoms with Crippen LogP contribution in [0.4, 0.5) is 0 Å². The Morgan fingerprint density at radius 3 is 2.85 bits per heavy atom. The zero-order valence-corrected chi connectivity index (χ0v) is 15.7. The summed E-state index contributed by atoms with van der Waals surface area (Å²) in [4.78, 5) is 2.35. The number of aryl methyl sites for hydroxylation is 1. The van der Waals surface area contributed by atoms with E-state index in [1.807, 2.05) is 19.3 Å². The Labute approximate surface area is 157 Å². The monoisotopic (exact) mass is 368 g/mol. The molecule has 3 aromatic rings. The first kappa shape index (κ1) is 16.7. The van der Waals surface area contributed by atoms with E-state index in [4.69, 9.17) is 9.15 Å². The van der Waals surface area contributed by atoms with Crippen molar-refractivity contribution in [3.05, 3.63) is 41.2 Å². The van der Waals surface area contributed by atoms with Gasteiger partial charge in [0.15, 0.2) is 0 Å². The molecule has 8 heteroatoms. The van der Waals surface area contributed by atoms with Crippen molar-refractivity contribution in [1.29, 1.82) is 0 Å². The van der Waals surface area contributed by atoms with Crippen LogP contribution in [0.25, 0.3) is 11.6 Å². The molecule has 0 aromatic carbocycles. The number of aromatic amines is 1. The van der Waals surface area contributed by atoms with Crippen molar-refractivity contribution >= 4 is 0 Å². The molecular weight excluding hydrogens is 344 g/mol. The fourth-order valence-corrected chi connectivity index (χ4v) is 4.23. The molecule has 1 fully saturated rings. The van der Waals surface area contributed by atoms with Crippen LogP contribution in [0.15, 0.2) is 22.7 Å². The number of fused-ring (bicyclic) bond motifs is 2. The van der Waals surface area contributed by atoms with Crippen LogP contribution in [-0.4, -0.2) is 49.6 Å². The molecule has 27 heavy (non-hydrogen) atoms. The lowest BCUT2D eigenvalue weighted by Gasteiger charge is -2.43. The van der Waals surface area contributed by atoms with Gasteiger partial charge in [-0.05, 0) is 43.9 Å². The number of likely N-dealkylation sites (tertiary alicyclic amines) is 1. The summed E-state index contributed by atoms with van der Waals surface area (Å²) in [7, 11) is 2.01. The maximum atomic E-state index is 6.22. The van der Waals surface area contributed by atoms with E-state index in [1.54, 1.807) is 0 Å². The number of ether oxygens (including phenoxy) is 1. The van der Waals surface area contributed by atoms with Crippen LogP contribution in [0.1, 0.15) is 35.7 Å². The van der Waals surface area contributed by atoms with Crippen LogP contribution in [-0.2, 0) is 30.4 Å². The Kier molecular flexibility index (Phi) is 3.91. The molecule has 0 saturated carbocycles. The first-order chi connectivity index (χ1) is 13.1. The van der Waals surface area contributed by atoms with Gasteiger partial charge in [-0.15, -0.1) is 10.2 Å². The summed E-state index contributed by atoms with van der Waals surface area (Å²) in [5.41, 5.74) is 4.38. The minimum Gasteiger partial charge on any atom is -0.418 e. The Morgan fingerprint density at radius 1 is 1.22 bits per heavy atom. The number of nitrogens with zero attached hydrogens (tertiary/aromatic N) is 5. The second kappa shape index (κ2) is 6.31. The average molecular weight is 368 g/mol. The molecule has 0 atom stereocenters. The van der Waals surface area contributed by atoms with Crippen LogP contribution in [0.5, 0.6) is 0 Å². The fourth-order valence-electron chi connectivity index (χ4n) is 4.23. The van der Waals surface area contributed by atoms with Crippen molar-refractivity contribution < 1.29 is 9.15 Å². The molecule has 1 spiro atoms. The van der Waals surface area contributed by atoms with Gasteiger partial charge in [-0.1, -0.05) is 0 Å². The molecule has 142 valence electrons. The lowest BCUT2D eigenvalue weighted by atomic mass is 9.84. The Bertz CT molecular complexity index is 947. The SMILES string of the molecule is Cc1ccc(-c2nnc(CN3CCC4(CC3)OCCc3cn[nH]c34)o2)n1C. The molecule has 0 aliphatic carbocycles. The van der Waals surface area contributed by atoms with Gasteiger partial charge >= 0.3 is 0 Å². The standard InChI is InChI=1S/C19H24N6O2/c1-13-3-4-15(24(13)2)18-23-21-16(27-18)12-25-8-6-19(7-9-25)17-14(5-10-26-19)11-20-22-17/h3-4,11H,5-10,12H2,1-2H3,(H,20,22). The molecule has 0 radical (unpaired) electrons. The summed E-state index contributed by atoms with van der Waals surface area (Å²) < 4.78 is 14.2. The van der Waals surface area contributed by atoms with Crippen molar-refractivity contribution in [3.63, 3.8) is 0 Å². The van der Waals surface area contributed by atoms with Crippen LogP contribution in [0, 0.1) is 6.92 Å². The van der Waals surface area contributed by atoms with E-state index in [9.17, 15) is 0 Å². The van der Waals surface area contributed by atoms with Gasteiger partial charge in [0.05, 0.1) is 25.0 Å². The van der Waals surface area contributed by atoms with E-state index in [1.165, 1.54) is 11.3 Å². The second-order valence-corrected chi connectivity index (χ2v) is 7.56. The van der Waals surface area contributed by atoms with Crippen LogP contribution < -0.4 is 0 Å². The molecule has 0 amide bonds. The van der Waals surface area contributed by atoms with E-state index in [-0.39, 0.29) is 5.60 Å². The normalized spacial score (nSPS) is 19.5. The van der Waals surface area contributed by atoms with E-state index < -0.39 is 0 Å². The summed E-state index contributed by atoms with van der Waals surface area (Å²) in [6.07, 6.45) is 4.78. The molecular formula is C19H24N6O2. The average Bonchev–Trinajstić information content (AvgIpc) is 3.40. The zero-order valence-electron chi connectivity index (χ0n) is 15.7. The van der Waals surface area contributed by atoms with E-state index in [0.717, 1.165) is 50.3 Å². The first-order valence-electron chi connectivity index (χ1n) is 9.49. The van der Waals surface area contributed by atoms with Gasteiger partial charge in [-0.25, -0.2) is 0 Å². The van der Waals surface area contributed by atoms with Crippen molar-refractivity contribution in [3.8, 4) is 11.6 Å². The van der Waals surface area contributed by atoms with Crippen molar-refractivity contribution in [1.82, 2.24) is 29.9 Å². The molecule has 2 aliphatic heterocycles. The molecule has 3 aromatic heterocycles. The number of hydrogen-bond acceptors (Lipinski definition) is 6. The van der Waals surface area contributed by atoms with Crippen molar-refractivity contribution in [2.45, 2.75) is 38.3 Å². The highest BCUT2D eigenvalue weighted by Gasteiger charge is 2.42. The van der Waals surface area contributed by atoms with E-state index >= 15 is 0 Å². The van der Waals surface area contributed by atoms with Crippen molar-refractivity contribution in [2.75, 3.05) is 19.7 Å². The Morgan fingerprint density at radius 2 is 2.07 bits per heavy atom. The maximum Gasteiger partial charge on any atom is 0.264 e. The quantitative estimate of drug-likeness (QED) is 0.763. The Hall–Kier alpha value is -2.45. The highest BCUT2D eigenvalue weighted by molar-refractivity contribution is 5.48. The highest BCUT2D eigenvalue weighted by Crippen LogP contribution is 2.40. The summed E-state index contributed by atoms with van der Waals surface area (Å²) in [6.45, 7) is 5.36. The molecule has 8 nitrogen and oxygen atoms in total. The molecule has 1 saturated heterocycles. The zero-order chi connectivity index (χ0) is 18.4. The molecule has 5 rings (SSSR count). The van der Waals surface area contributed by atoms with Gasteiger partial charge in [-0.3, -0.25) is 10.00 Å². The lowest BCUT2D eigenvalue weighted by Crippen LogP contribution is -2.46. The summed E-state index contributed by atoms with van der Waals surface area (Å²) in [6, 6.07) is 4.07. The number of H-pyrrole nitrogens is 1. The lowest BCUT2D eigenvalue weighted by molar-refractivity contribution is -0.102. The van der Waals surface area contributed by atoms with Gasteiger partial charge in [0.2, 0.25) is 5.89 Å². The van der Waals surface area contributed by atoms with Crippen LogP contribution >= 0.6 is 0 Å². The fraction of sp³-hybridized carbons (Fsp3) is 0.526. The summed E-state index contributed by atoms with van der Waals surface area (Å²) >= 11 is 0. The van der Waals surface area contributed by atoms with Crippen LogP contribution in [0.3, 0.4) is 0 Å². The molecule has 0 unspecified atom stereocenters. The van der Waals surface area contributed by atoms with Crippen molar-refractivity contribution in [2.24, 2.45) is 7.05 Å². The van der Waals surface area contributed by atoms with Gasteiger partial charge in [-0.2, -0.15) is 5.10 Å². The third-order valence-electron chi connectivity index (χ3n) is 6.00. The highest BCUT2D eigenvalue weighted by atomic mass is 16.5. The minimum absolute atomic E-state index is 0.207. The van der Waals surface area contributed by atoms with Gasteiger partial charge in [0.1, 0.15) is 11.3 Å². The third-order valence-corrected chi connectivity index (χ3v) is 6.00. The molecule has 2 aliphatic rings.